The van der Waals surface area contributed by atoms with Gasteiger partial charge in [-0.3, -0.25) is 4.79 Å². The first-order valence-electron chi connectivity index (χ1n) is 6.54. The minimum Gasteiger partial charge on any atom is -0.480 e. The topological polar surface area (TPSA) is 81.1 Å². The van der Waals surface area contributed by atoms with Crippen LogP contribution < -0.4 is 5.73 Å². The lowest BCUT2D eigenvalue weighted by Crippen LogP contribution is -2.51. The summed E-state index contributed by atoms with van der Waals surface area (Å²) < 4.78 is 2.07. The number of hydrogen-bond acceptors (Lipinski definition) is 3. The maximum absolute atomic E-state index is 11.3. The summed E-state index contributed by atoms with van der Waals surface area (Å²) in [7, 11) is 0. The second-order valence-corrected chi connectivity index (χ2v) is 5.35. The number of benzene rings is 1. The van der Waals surface area contributed by atoms with Crippen LogP contribution in [0.2, 0.25) is 0 Å². The van der Waals surface area contributed by atoms with Crippen LogP contribution in [0.3, 0.4) is 0 Å². The first-order valence-corrected chi connectivity index (χ1v) is 6.54. The van der Waals surface area contributed by atoms with Gasteiger partial charge < -0.3 is 15.4 Å². The molecule has 1 aromatic heterocycles. The molecule has 1 aliphatic carbocycles. The lowest BCUT2D eigenvalue weighted by atomic mass is 9.79. The number of carboxylic acids is 1. The van der Waals surface area contributed by atoms with Crippen molar-refractivity contribution in [3.63, 3.8) is 0 Å². The zero-order valence-electron chi connectivity index (χ0n) is 11.4. The molecule has 1 aliphatic rings. The third-order valence-electron chi connectivity index (χ3n) is 4.06. The number of nitrogens with two attached hydrogens (primary N) is 1. The number of halogens is 2. The van der Waals surface area contributed by atoms with Gasteiger partial charge in [0.2, 0.25) is 0 Å². The molecule has 0 bridgehead atoms. The largest absolute Gasteiger partial charge is 0.480 e. The van der Waals surface area contributed by atoms with E-state index in [9.17, 15) is 9.90 Å². The van der Waals surface area contributed by atoms with Crippen LogP contribution in [0.1, 0.15) is 31.7 Å². The number of aliphatic carboxylic acids is 1. The molecular formula is C14H19Cl2N3O2. The van der Waals surface area contributed by atoms with Gasteiger partial charge in [0.15, 0.2) is 0 Å². The van der Waals surface area contributed by atoms with Crippen LogP contribution in [0, 0.1) is 0 Å². The number of fused-ring (bicyclic) bond motifs is 1. The summed E-state index contributed by atoms with van der Waals surface area (Å²) in [5.74, 6) is -0.901. The fourth-order valence-electron chi connectivity index (χ4n) is 2.98. The van der Waals surface area contributed by atoms with Crippen molar-refractivity contribution in [2.75, 3.05) is 0 Å². The van der Waals surface area contributed by atoms with Crippen molar-refractivity contribution in [3.05, 3.63) is 30.6 Å². The monoisotopic (exact) mass is 331 g/mol. The van der Waals surface area contributed by atoms with E-state index in [0.29, 0.717) is 12.8 Å². The van der Waals surface area contributed by atoms with Gasteiger partial charge >= 0.3 is 5.97 Å². The SMILES string of the molecule is Cl.Cl.NC1(C(=O)O)CCCC(n2cnc3ccccc32)C1. The Hall–Kier alpha value is -1.30. The Balaban J connectivity index is 0.00000110. The summed E-state index contributed by atoms with van der Waals surface area (Å²) in [5, 5.41) is 9.28. The Morgan fingerprint density at radius 2 is 2.10 bits per heavy atom. The van der Waals surface area contributed by atoms with Crippen molar-refractivity contribution < 1.29 is 9.90 Å². The lowest BCUT2D eigenvalue weighted by molar-refractivity contribution is -0.145. The molecule has 0 saturated heterocycles. The number of carbonyl (C=O) groups is 1. The Kier molecular flexibility index (Phi) is 5.61. The van der Waals surface area contributed by atoms with E-state index in [2.05, 4.69) is 9.55 Å². The first kappa shape index (κ1) is 17.8. The van der Waals surface area contributed by atoms with E-state index in [4.69, 9.17) is 5.73 Å². The minimum atomic E-state index is -1.10. The van der Waals surface area contributed by atoms with Gasteiger partial charge in [0.25, 0.3) is 0 Å². The number of imidazole rings is 1. The quantitative estimate of drug-likeness (QED) is 0.886. The molecule has 1 saturated carbocycles. The second kappa shape index (κ2) is 6.64. The Morgan fingerprint density at radius 3 is 2.81 bits per heavy atom. The molecule has 7 heteroatoms. The number of hydrogen-bond donors (Lipinski definition) is 2. The molecule has 0 radical (unpaired) electrons. The molecule has 1 heterocycles. The van der Waals surface area contributed by atoms with Gasteiger partial charge in [0, 0.05) is 6.04 Å². The van der Waals surface area contributed by atoms with E-state index in [-0.39, 0.29) is 30.9 Å². The minimum absolute atomic E-state index is 0. The standard InChI is InChI=1S/C14H17N3O2.2ClH/c15-14(13(18)19)7-3-4-10(8-14)17-9-16-11-5-1-2-6-12(11)17;;/h1-2,5-6,9-10H,3-4,7-8,15H2,(H,18,19);2*1H. The van der Waals surface area contributed by atoms with Gasteiger partial charge in [-0.25, -0.2) is 4.98 Å². The van der Waals surface area contributed by atoms with E-state index in [0.717, 1.165) is 23.9 Å². The highest BCUT2D eigenvalue weighted by Crippen LogP contribution is 2.35. The van der Waals surface area contributed by atoms with Crippen LogP contribution in [-0.2, 0) is 4.79 Å². The van der Waals surface area contributed by atoms with Crippen LogP contribution in [0.4, 0.5) is 0 Å². The normalized spacial score (nSPS) is 24.9. The van der Waals surface area contributed by atoms with E-state index < -0.39 is 11.5 Å². The summed E-state index contributed by atoms with van der Waals surface area (Å²) in [6, 6.07) is 8.00. The Bertz CT molecular complexity index is 631. The maximum Gasteiger partial charge on any atom is 0.323 e. The van der Waals surface area contributed by atoms with E-state index in [1.165, 1.54) is 0 Å². The molecule has 2 unspecified atom stereocenters. The Labute approximate surface area is 135 Å². The molecule has 0 amide bonds. The first-order chi connectivity index (χ1) is 9.10. The number of aromatic nitrogens is 2. The number of carboxylic acid groups (broad SMARTS) is 1. The van der Waals surface area contributed by atoms with Crippen molar-refractivity contribution in [1.82, 2.24) is 9.55 Å². The van der Waals surface area contributed by atoms with Crippen LogP contribution in [0.5, 0.6) is 0 Å². The van der Waals surface area contributed by atoms with Crippen molar-refractivity contribution in [2.24, 2.45) is 5.73 Å². The zero-order valence-corrected chi connectivity index (χ0v) is 13.1. The summed E-state index contributed by atoms with van der Waals surface area (Å²) >= 11 is 0. The molecule has 3 N–H and O–H groups in total. The predicted molar refractivity (Wildman–Crippen MR) is 86.3 cm³/mol. The van der Waals surface area contributed by atoms with Crippen molar-refractivity contribution >= 4 is 41.8 Å². The highest BCUT2D eigenvalue weighted by atomic mass is 35.5. The third-order valence-corrected chi connectivity index (χ3v) is 4.06. The molecule has 21 heavy (non-hydrogen) atoms. The molecule has 116 valence electrons. The number of rotatable bonds is 2. The van der Waals surface area contributed by atoms with Gasteiger partial charge in [-0.15, -0.1) is 24.8 Å². The highest BCUT2D eigenvalue weighted by molar-refractivity contribution is 5.85. The molecular weight excluding hydrogens is 313 g/mol. The van der Waals surface area contributed by atoms with Crippen LogP contribution in [0.15, 0.2) is 30.6 Å². The van der Waals surface area contributed by atoms with Crippen molar-refractivity contribution in [3.8, 4) is 0 Å². The van der Waals surface area contributed by atoms with Gasteiger partial charge in [0.05, 0.1) is 17.4 Å². The number of para-hydroxylation sites is 2. The zero-order chi connectivity index (χ0) is 13.5. The lowest BCUT2D eigenvalue weighted by Gasteiger charge is -2.35. The molecule has 2 aromatic rings. The summed E-state index contributed by atoms with van der Waals surface area (Å²) in [4.78, 5) is 15.7. The van der Waals surface area contributed by atoms with Crippen LogP contribution in [-0.4, -0.2) is 26.2 Å². The van der Waals surface area contributed by atoms with Crippen LogP contribution in [0.25, 0.3) is 11.0 Å². The molecule has 1 fully saturated rings. The van der Waals surface area contributed by atoms with Gasteiger partial charge in [-0.2, -0.15) is 0 Å². The predicted octanol–water partition coefficient (Wildman–Crippen LogP) is 2.78. The van der Waals surface area contributed by atoms with Gasteiger partial charge in [-0.05, 0) is 37.8 Å². The summed E-state index contributed by atoms with van der Waals surface area (Å²) in [5.41, 5.74) is 6.89. The molecule has 2 atom stereocenters. The van der Waals surface area contributed by atoms with E-state index in [1.54, 1.807) is 6.33 Å². The highest BCUT2D eigenvalue weighted by Gasteiger charge is 2.40. The van der Waals surface area contributed by atoms with E-state index >= 15 is 0 Å². The summed E-state index contributed by atoms with van der Waals surface area (Å²) in [6.07, 6.45) is 4.59. The van der Waals surface area contributed by atoms with Crippen LogP contribution >= 0.6 is 24.8 Å². The smallest absolute Gasteiger partial charge is 0.323 e. The average Bonchev–Trinajstić information content (AvgIpc) is 2.82. The van der Waals surface area contributed by atoms with Crippen molar-refractivity contribution in [1.29, 1.82) is 0 Å². The molecule has 1 aromatic carbocycles. The maximum atomic E-state index is 11.3. The Morgan fingerprint density at radius 1 is 1.38 bits per heavy atom. The van der Waals surface area contributed by atoms with E-state index in [1.807, 2.05) is 24.3 Å². The second-order valence-electron chi connectivity index (χ2n) is 5.35. The van der Waals surface area contributed by atoms with Gasteiger partial charge in [0.1, 0.15) is 5.54 Å². The van der Waals surface area contributed by atoms with Gasteiger partial charge in [-0.1, -0.05) is 12.1 Å². The molecule has 0 aliphatic heterocycles. The summed E-state index contributed by atoms with van der Waals surface area (Å²) in [6.45, 7) is 0. The average molecular weight is 332 g/mol. The fraction of sp³-hybridized carbons (Fsp3) is 0.429. The molecule has 0 spiro atoms. The fourth-order valence-corrected chi connectivity index (χ4v) is 2.98. The third kappa shape index (κ3) is 3.15. The number of nitrogens with zero attached hydrogens (tertiary/aromatic N) is 2. The molecule has 5 nitrogen and oxygen atoms in total. The molecule has 3 rings (SSSR count). The van der Waals surface area contributed by atoms with Crippen molar-refractivity contribution in [2.45, 2.75) is 37.3 Å².